The minimum absolute atomic E-state index is 0.461. The topological polar surface area (TPSA) is 69.6 Å². The highest BCUT2D eigenvalue weighted by Crippen LogP contribution is 2.04. The van der Waals surface area contributed by atoms with Gasteiger partial charge < -0.3 is 5.73 Å². The first-order chi connectivity index (χ1) is 6.81. The molecule has 0 aromatic carbocycles. The molecule has 0 atom stereocenters. The molecule has 0 aliphatic carbocycles. The average Bonchev–Trinajstić information content (AvgIpc) is 2.65. The van der Waals surface area contributed by atoms with Crippen LogP contribution in [-0.2, 0) is 6.54 Å². The third kappa shape index (κ3) is 1.49. The number of hydrogen-bond donors (Lipinski definition) is 1. The van der Waals surface area contributed by atoms with Crippen LogP contribution in [0.15, 0.2) is 24.8 Å². The Kier molecular flexibility index (Phi) is 2.24. The van der Waals surface area contributed by atoms with Gasteiger partial charge in [0, 0.05) is 36.9 Å². The van der Waals surface area contributed by atoms with E-state index in [4.69, 9.17) is 5.73 Å². The number of rotatable bonds is 2. The number of hydrogen-bond acceptors (Lipinski definition) is 4. The second-order valence-corrected chi connectivity index (χ2v) is 2.94. The van der Waals surface area contributed by atoms with E-state index in [1.54, 1.807) is 18.6 Å². The van der Waals surface area contributed by atoms with Crippen LogP contribution >= 0.6 is 0 Å². The monoisotopic (exact) mass is 189 g/mol. The van der Waals surface area contributed by atoms with Crippen molar-refractivity contribution in [2.75, 3.05) is 0 Å². The molecule has 0 bridgehead atoms. The first kappa shape index (κ1) is 8.83. The molecule has 0 amide bonds. The number of nitrogens with two attached hydrogens (primary N) is 1. The Labute approximate surface area is 81.6 Å². The quantitative estimate of drug-likeness (QED) is 0.743. The van der Waals surface area contributed by atoms with E-state index in [9.17, 15) is 0 Å². The van der Waals surface area contributed by atoms with E-state index >= 15 is 0 Å². The SMILES string of the molecule is Cc1nccn1-c1ncc(CN)cn1. The van der Waals surface area contributed by atoms with Crippen LogP contribution in [0.3, 0.4) is 0 Å². The van der Waals surface area contributed by atoms with Gasteiger partial charge in [0.1, 0.15) is 5.82 Å². The van der Waals surface area contributed by atoms with Gasteiger partial charge in [0.2, 0.25) is 5.95 Å². The molecular weight excluding hydrogens is 178 g/mol. The maximum atomic E-state index is 5.45. The number of imidazole rings is 1. The fourth-order valence-electron chi connectivity index (χ4n) is 1.17. The molecule has 0 unspecified atom stereocenters. The van der Waals surface area contributed by atoms with Crippen molar-refractivity contribution < 1.29 is 0 Å². The van der Waals surface area contributed by atoms with Crippen LogP contribution in [0.1, 0.15) is 11.4 Å². The maximum absolute atomic E-state index is 5.45. The molecule has 14 heavy (non-hydrogen) atoms. The molecule has 0 saturated carbocycles. The van der Waals surface area contributed by atoms with Gasteiger partial charge in [0.05, 0.1) is 0 Å². The van der Waals surface area contributed by atoms with Crippen LogP contribution in [0.25, 0.3) is 5.95 Å². The number of aromatic nitrogens is 4. The molecule has 5 nitrogen and oxygen atoms in total. The highest BCUT2D eigenvalue weighted by Gasteiger charge is 2.02. The summed E-state index contributed by atoms with van der Waals surface area (Å²) >= 11 is 0. The zero-order valence-electron chi connectivity index (χ0n) is 7.88. The molecule has 0 spiro atoms. The van der Waals surface area contributed by atoms with Gasteiger partial charge in [-0.25, -0.2) is 15.0 Å². The molecule has 0 fully saturated rings. The number of aryl methyl sites for hydroxylation is 1. The summed E-state index contributed by atoms with van der Waals surface area (Å²) in [6.07, 6.45) is 6.99. The fraction of sp³-hybridized carbons (Fsp3) is 0.222. The molecule has 2 N–H and O–H groups in total. The molecule has 5 heteroatoms. The third-order valence-corrected chi connectivity index (χ3v) is 1.97. The van der Waals surface area contributed by atoms with Gasteiger partial charge in [-0.05, 0) is 6.92 Å². The molecular formula is C9H11N5. The van der Waals surface area contributed by atoms with Gasteiger partial charge in [-0.2, -0.15) is 0 Å². The Hall–Kier alpha value is -1.75. The Balaban J connectivity index is 2.39. The molecule has 0 radical (unpaired) electrons. The van der Waals surface area contributed by atoms with E-state index in [2.05, 4.69) is 15.0 Å². The van der Waals surface area contributed by atoms with Crippen molar-refractivity contribution in [3.8, 4) is 5.95 Å². The van der Waals surface area contributed by atoms with Crippen molar-refractivity contribution in [3.05, 3.63) is 36.2 Å². The predicted octanol–water partition coefficient (Wildman–Crippen LogP) is 0.429. The molecule has 2 aromatic rings. The summed E-state index contributed by atoms with van der Waals surface area (Å²) in [5.74, 6) is 1.49. The lowest BCUT2D eigenvalue weighted by atomic mass is 10.3. The van der Waals surface area contributed by atoms with E-state index in [-0.39, 0.29) is 0 Å². The van der Waals surface area contributed by atoms with Crippen LogP contribution in [0.4, 0.5) is 0 Å². The van der Waals surface area contributed by atoms with Crippen LogP contribution in [-0.4, -0.2) is 19.5 Å². The van der Waals surface area contributed by atoms with Crippen LogP contribution in [0, 0.1) is 6.92 Å². The Morgan fingerprint density at radius 1 is 1.29 bits per heavy atom. The minimum atomic E-state index is 0.461. The Bertz CT molecular complexity index is 417. The zero-order chi connectivity index (χ0) is 9.97. The summed E-state index contributed by atoms with van der Waals surface area (Å²) in [6.45, 7) is 2.36. The molecule has 0 aliphatic rings. The lowest BCUT2D eigenvalue weighted by molar-refractivity contribution is 0.868. The lowest BCUT2D eigenvalue weighted by Crippen LogP contribution is -2.04. The molecule has 72 valence electrons. The van der Waals surface area contributed by atoms with Crippen LogP contribution in [0.5, 0.6) is 0 Å². The zero-order valence-corrected chi connectivity index (χ0v) is 7.88. The smallest absolute Gasteiger partial charge is 0.235 e. The van der Waals surface area contributed by atoms with Gasteiger partial charge >= 0.3 is 0 Å². The first-order valence-corrected chi connectivity index (χ1v) is 4.32. The van der Waals surface area contributed by atoms with Gasteiger partial charge in [0.15, 0.2) is 0 Å². The Morgan fingerprint density at radius 3 is 2.50 bits per heavy atom. The molecule has 0 aliphatic heterocycles. The second kappa shape index (κ2) is 3.55. The average molecular weight is 189 g/mol. The lowest BCUT2D eigenvalue weighted by Gasteiger charge is -2.02. The summed E-state index contributed by atoms with van der Waals surface area (Å²) in [6, 6.07) is 0. The molecule has 2 rings (SSSR count). The van der Waals surface area contributed by atoms with E-state index in [0.717, 1.165) is 11.4 Å². The van der Waals surface area contributed by atoms with E-state index < -0.39 is 0 Å². The predicted molar refractivity (Wildman–Crippen MR) is 51.8 cm³/mol. The van der Waals surface area contributed by atoms with Gasteiger partial charge in [-0.15, -0.1) is 0 Å². The summed E-state index contributed by atoms with van der Waals surface area (Å²) in [7, 11) is 0. The highest BCUT2D eigenvalue weighted by atomic mass is 15.2. The largest absolute Gasteiger partial charge is 0.326 e. The van der Waals surface area contributed by atoms with Gasteiger partial charge in [0.25, 0.3) is 0 Å². The fourth-order valence-corrected chi connectivity index (χ4v) is 1.17. The van der Waals surface area contributed by atoms with Crippen LogP contribution in [0.2, 0.25) is 0 Å². The summed E-state index contributed by atoms with van der Waals surface area (Å²) < 4.78 is 1.82. The molecule has 0 saturated heterocycles. The minimum Gasteiger partial charge on any atom is -0.326 e. The first-order valence-electron chi connectivity index (χ1n) is 4.32. The summed E-state index contributed by atoms with van der Waals surface area (Å²) in [5.41, 5.74) is 6.37. The third-order valence-electron chi connectivity index (χ3n) is 1.97. The summed E-state index contributed by atoms with van der Waals surface area (Å²) in [4.78, 5) is 12.5. The van der Waals surface area contributed by atoms with Gasteiger partial charge in [-0.1, -0.05) is 0 Å². The maximum Gasteiger partial charge on any atom is 0.235 e. The van der Waals surface area contributed by atoms with Crippen molar-refractivity contribution in [1.82, 2.24) is 19.5 Å². The Morgan fingerprint density at radius 2 is 2.00 bits per heavy atom. The van der Waals surface area contributed by atoms with Crippen molar-refractivity contribution >= 4 is 0 Å². The molecule has 2 aromatic heterocycles. The standard InChI is InChI=1S/C9H11N5/c1-7-11-2-3-14(7)9-12-5-8(4-10)6-13-9/h2-3,5-6H,4,10H2,1H3. The molecule has 2 heterocycles. The normalized spacial score (nSPS) is 10.4. The van der Waals surface area contributed by atoms with Crippen molar-refractivity contribution in [2.24, 2.45) is 5.73 Å². The number of nitrogens with zero attached hydrogens (tertiary/aromatic N) is 4. The highest BCUT2D eigenvalue weighted by molar-refractivity contribution is 5.16. The van der Waals surface area contributed by atoms with E-state index in [0.29, 0.717) is 12.5 Å². The van der Waals surface area contributed by atoms with Crippen molar-refractivity contribution in [1.29, 1.82) is 0 Å². The van der Waals surface area contributed by atoms with E-state index in [1.165, 1.54) is 0 Å². The summed E-state index contributed by atoms with van der Waals surface area (Å²) in [5, 5.41) is 0. The van der Waals surface area contributed by atoms with Crippen LogP contribution < -0.4 is 5.73 Å². The van der Waals surface area contributed by atoms with Crippen molar-refractivity contribution in [3.63, 3.8) is 0 Å². The van der Waals surface area contributed by atoms with E-state index in [1.807, 2.05) is 17.7 Å². The van der Waals surface area contributed by atoms with Crippen molar-refractivity contribution in [2.45, 2.75) is 13.5 Å². The van der Waals surface area contributed by atoms with Gasteiger partial charge in [-0.3, -0.25) is 4.57 Å². The second-order valence-electron chi connectivity index (χ2n) is 2.94.